The molecule has 0 bridgehead atoms. The number of hydrazone groups is 1. The molecule has 2 heterocycles. The highest BCUT2D eigenvalue weighted by Gasteiger charge is 2.43. The Kier molecular flexibility index (Phi) is 6.99. The standard InChI is InChI=1S/C23H27Cl2FN4O/c1-15-21(23(31)28-29-12-4-2-3-5-13-29)27-30(20-11-8-17(24)14-19(20)25)22(15)16-6-9-18(26)10-7-16/h6,8-11,14-16,22H,2-5,7,12-13H2,1H3,(H,28,31)/t15-,16?,22?/m0/s1. The molecule has 1 saturated heterocycles. The van der Waals surface area contributed by atoms with E-state index in [9.17, 15) is 9.18 Å². The van der Waals surface area contributed by atoms with Gasteiger partial charge in [-0.1, -0.05) is 49.0 Å². The summed E-state index contributed by atoms with van der Waals surface area (Å²) in [6, 6.07) is 5.07. The smallest absolute Gasteiger partial charge is 0.282 e. The molecule has 0 spiro atoms. The van der Waals surface area contributed by atoms with Crippen LogP contribution in [0, 0.1) is 11.8 Å². The van der Waals surface area contributed by atoms with E-state index in [4.69, 9.17) is 28.3 Å². The van der Waals surface area contributed by atoms with Crippen LogP contribution in [0.5, 0.6) is 0 Å². The van der Waals surface area contributed by atoms with Crippen LogP contribution in [0.25, 0.3) is 0 Å². The molecular weight excluding hydrogens is 438 g/mol. The zero-order chi connectivity index (χ0) is 22.0. The van der Waals surface area contributed by atoms with E-state index in [2.05, 4.69) is 5.43 Å². The fraction of sp³-hybridized carbons (Fsp3) is 0.478. The Morgan fingerprint density at radius 3 is 2.58 bits per heavy atom. The van der Waals surface area contributed by atoms with Crippen LogP contribution in [-0.2, 0) is 4.79 Å². The number of halogens is 3. The van der Waals surface area contributed by atoms with Gasteiger partial charge in [0.15, 0.2) is 0 Å². The fourth-order valence-corrected chi connectivity index (χ4v) is 5.08. The summed E-state index contributed by atoms with van der Waals surface area (Å²) in [4.78, 5) is 13.2. The molecule has 0 aromatic heterocycles. The van der Waals surface area contributed by atoms with E-state index in [1.807, 2.05) is 29.1 Å². The zero-order valence-corrected chi connectivity index (χ0v) is 19.0. The van der Waals surface area contributed by atoms with Gasteiger partial charge in [0, 0.05) is 29.9 Å². The molecule has 1 amide bonds. The molecule has 1 aliphatic carbocycles. The largest absolute Gasteiger partial charge is 0.284 e. The lowest BCUT2D eigenvalue weighted by Gasteiger charge is -2.33. The molecule has 4 rings (SSSR count). The van der Waals surface area contributed by atoms with Crippen LogP contribution >= 0.6 is 23.2 Å². The molecule has 1 aromatic carbocycles. The first-order valence-electron chi connectivity index (χ1n) is 10.9. The van der Waals surface area contributed by atoms with E-state index < -0.39 is 0 Å². The van der Waals surface area contributed by atoms with Crippen molar-refractivity contribution in [2.24, 2.45) is 16.9 Å². The van der Waals surface area contributed by atoms with E-state index in [0.717, 1.165) is 25.9 Å². The Bertz CT molecular complexity index is 924. The normalized spacial score (nSPS) is 27.0. The van der Waals surface area contributed by atoms with Crippen LogP contribution in [0.3, 0.4) is 0 Å². The third kappa shape index (κ3) is 4.97. The molecule has 31 heavy (non-hydrogen) atoms. The molecule has 3 aliphatic rings. The van der Waals surface area contributed by atoms with Gasteiger partial charge in [-0.25, -0.2) is 9.40 Å². The zero-order valence-electron chi connectivity index (χ0n) is 17.5. The predicted octanol–water partition coefficient (Wildman–Crippen LogP) is 5.51. The second-order valence-electron chi connectivity index (χ2n) is 8.39. The summed E-state index contributed by atoms with van der Waals surface area (Å²) in [5.41, 5.74) is 4.20. The maximum atomic E-state index is 13.6. The molecule has 1 fully saturated rings. The van der Waals surface area contributed by atoms with Crippen molar-refractivity contribution in [3.63, 3.8) is 0 Å². The lowest BCUT2D eigenvalue weighted by atomic mass is 9.83. The van der Waals surface area contributed by atoms with E-state index in [1.165, 1.54) is 18.9 Å². The molecule has 166 valence electrons. The van der Waals surface area contributed by atoms with Gasteiger partial charge in [0.2, 0.25) is 0 Å². The molecule has 0 radical (unpaired) electrons. The van der Waals surface area contributed by atoms with Gasteiger partial charge < -0.3 is 0 Å². The number of hydrazine groups is 1. The Morgan fingerprint density at radius 1 is 1.19 bits per heavy atom. The van der Waals surface area contributed by atoms with E-state index >= 15 is 0 Å². The molecule has 8 heteroatoms. The van der Waals surface area contributed by atoms with E-state index in [1.54, 1.807) is 18.2 Å². The van der Waals surface area contributed by atoms with Gasteiger partial charge in [0.05, 0.1) is 16.8 Å². The average molecular weight is 465 g/mol. The highest BCUT2D eigenvalue weighted by atomic mass is 35.5. The highest BCUT2D eigenvalue weighted by Crippen LogP contribution is 2.40. The monoisotopic (exact) mass is 464 g/mol. The first-order valence-corrected chi connectivity index (χ1v) is 11.6. The third-order valence-electron chi connectivity index (χ3n) is 6.22. The summed E-state index contributed by atoms with van der Waals surface area (Å²) in [6.45, 7) is 3.69. The summed E-state index contributed by atoms with van der Waals surface area (Å²) in [5.74, 6) is -0.595. The van der Waals surface area contributed by atoms with Crippen LogP contribution < -0.4 is 10.4 Å². The van der Waals surface area contributed by atoms with Crippen LogP contribution in [0.2, 0.25) is 10.0 Å². The number of carbonyl (C=O) groups is 1. The van der Waals surface area contributed by atoms with Gasteiger partial charge in [-0.05, 0) is 49.6 Å². The summed E-state index contributed by atoms with van der Waals surface area (Å²) in [5, 5.41) is 9.53. The van der Waals surface area contributed by atoms with Crippen molar-refractivity contribution in [1.82, 2.24) is 10.4 Å². The van der Waals surface area contributed by atoms with Crippen molar-refractivity contribution in [2.75, 3.05) is 18.1 Å². The summed E-state index contributed by atoms with van der Waals surface area (Å²) < 4.78 is 13.6. The van der Waals surface area contributed by atoms with E-state index in [0.29, 0.717) is 27.9 Å². The minimum atomic E-state index is -0.238. The third-order valence-corrected chi connectivity index (χ3v) is 6.76. The van der Waals surface area contributed by atoms with Crippen LogP contribution in [0.1, 0.15) is 39.0 Å². The molecule has 1 aromatic rings. The maximum Gasteiger partial charge on any atom is 0.282 e. The molecule has 2 unspecified atom stereocenters. The van der Waals surface area contributed by atoms with Gasteiger partial charge in [-0.3, -0.25) is 15.2 Å². The topological polar surface area (TPSA) is 47.9 Å². The maximum absolute atomic E-state index is 13.6. The molecular formula is C23H27Cl2FN4O. The molecule has 3 atom stereocenters. The number of nitrogens with zero attached hydrogens (tertiary/aromatic N) is 3. The number of hydrogen-bond acceptors (Lipinski definition) is 4. The van der Waals surface area contributed by atoms with Crippen LogP contribution in [-0.4, -0.2) is 35.8 Å². The number of carbonyl (C=O) groups excluding carboxylic acids is 1. The summed E-state index contributed by atoms with van der Waals surface area (Å²) >= 11 is 12.6. The van der Waals surface area contributed by atoms with Gasteiger partial charge in [-0.15, -0.1) is 0 Å². The number of rotatable bonds is 4. The van der Waals surface area contributed by atoms with Crippen molar-refractivity contribution >= 4 is 40.5 Å². The lowest BCUT2D eigenvalue weighted by Crippen LogP contribution is -2.47. The molecule has 1 N–H and O–H groups in total. The fourth-order valence-electron chi connectivity index (χ4n) is 4.58. The number of benzene rings is 1. The summed E-state index contributed by atoms with van der Waals surface area (Å²) in [6.07, 6.45) is 9.98. The second-order valence-corrected chi connectivity index (χ2v) is 9.24. The second kappa shape index (κ2) is 9.72. The average Bonchev–Trinajstić information content (AvgIpc) is 2.89. The number of anilines is 1. The SMILES string of the molecule is C[C@H]1C(C(=O)NN2CCCCCC2)=NN(c2ccc(Cl)cc2Cl)C1C1C=CC(F)=CC1. The molecule has 0 saturated carbocycles. The number of nitrogens with one attached hydrogen (secondary N) is 1. The number of hydrogen-bond donors (Lipinski definition) is 1. The Labute approximate surface area is 192 Å². The van der Waals surface area contributed by atoms with Crippen molar-refractivity contribution in [2.45, 2.75) is 45.1 Å². The van der Waals surface area contributed by atoms with E-state index in [-0.39, 0.29) is 29.6 Å². The Balaban J connectivity index is 1.62. The van der Waals surface area contributed by atoms with Gasteiger partial charge in [-0.2, -0.15) is 5.10 Å². The quantitative estimate of drug-likeness (QED) is 0.638. The predicted molar refractivity (Wildman–Crippen MR) is 124 cm³/mol. The van der Waals surface area contributed by atoms with Crippen LogP contribution in [0.15, 0.2) is 47.4 Å². The van der Waals surface area contributed by atoms with Crippen molar-refractivity contribution in [1.29, 1.82) is 0 Å². The number of allylic oxidation sites excluding steroid dienone is 3. The first kappa shape index (κ1) is 22.3. The van der Waals surface area contributed by atoms with Crippen LogP contribution in [0.4, 0.5) is 10.1 Å². The van der Waals surface area contributed by atoms with Crippen molar-refractivity contribution in [3.8, 4) is 0 Å². The first-order chi connectivity index (χ1) is 14.9. The Morgan fingerprint density at radius 2 is 1.94 bits per heavy atom. The minimum absolute atomic E-state index is 0.00604. The Hall–Kier alpha value is -1.89. The van der Waals surface area contributed by atoms with Gasteiger partial charge >= 0.3 is 0 Å². The molecule has 2 aliphatic heterocycles. The highest BCUT2D eigenvalue weighted by molar-refractivity contribution is 6.41. The van der Waals surface area contributed by atoms with Gasteiger partial charge in [0.25, 0.3) is 5.91 Å². The molecule has 5 nitrogen and oxygen atoms in total. The van der Waals surface area contributed by atoms with Gasteiger partial charge in [0.1, 0.15) is 11.5 Å². The summed E-state index contributed by atoms with van der Waals surface area (Å²) in [7, 11) is 0. The van der Waals surface area contributed by atoms with Crippen molar-refractivity contribution < 1.29 is 9.18 Å². The lowest BCUT2D eigenvalue weighted by molar-refractivity contribution is -0.119. The van der Waals surface area contributed by atoms with Crippen molar-refractivity contribution in [3.05, 3.63) is 52.3 Å². The number of amides is 1. The minimum Gasteiger partial charge on any atom is -0.284 e.